The van der Waals surface area contributed by atoms with Crippen molar-refractivity contribution in [1.82, 2.24) is 0 Å². The lowest BCUT2D eigenvalue weighted by Gasteiger charge is -2.05. The molecule has 0 saturated heterocycles. The highest BCUT2D eigenvalue weighted by atomic mass is 79.9. The average Bonchev–Trinajstić information content (AvgIpc) is 2.67. The number of hydrogen-bond acceptors (Lipinski definition) is 2. The first-order valence-corrected chi connectivity index (χ1v) is 7.13. The quantitative estimate of drug-likeness (QED) is 0.757. The Labute approximate surface area is 114 Å². The Morgan fingerprint density at radius 1 is 1.35 bits per heavy atom. The molecule has 0 atom stereocenters. The van der Waals surface area contributed by atoms with Crippen LogP contribution in [0.15, 0.2) is 34.8 Å². The van der Waals surface area contributed by atoms with E-state index in [4.69, 9.17) is 0 Å². The predicted molar refractivity (Wildman–Crippen MR) is 76.0 cm³/mol. The van der Waals surface area contributed by atoms with E-state index >= 15 is 0 Å². The van der Waals surface area contributed by atoms with Crippen LogP contribution in [0, 0.1) is 6.92 Å². The van der Waals surface area contributed by atoms with Crippen molar-refractivity contribution in [1.29, 1.82) is 0 Å². The van der Waals surface area contributed by atoms with Crippen LogP contribution in [0.25, 0.3) is 0 Å². The summed E-state index contributed by atoms with van der Waals surface area (Å²) in [7, 11) is 0. The fourth-order valence-electron chi connectivity index (χ4n) is 1.81. The number of aryl methyl sites for hydroxylation is 2. The summed E-state index contributed by atoms with van der Waals surface area (Å²) in [6.45, 7) is 4.08. The Bertz CT molecular complexity index is 557. The number of carbonyl (C=O) groups is 1. The molecule has 0 N–H and O–H groups in total. The summed E-state index contributed by atoms with van der Waals surface area (Å²) in [6, 6.07) is 9.81. The van der Waals surface area contributed by atoms with Gasteiger partial charge in [-0.25, -0.2) is 0 Å². The summed E-state index contributed by atoms with van der Waals surface area (Å²) in [5.41, 5.74) is 1.92. The number of thiophene rings is 1. The van der Waals surface area contributed by atoms with E-state index in [0.717, 1.165) is 31.8 Å². The molecule has 1 nitrogen and oxygen atoms in total. The lowest BCUT2D eigenvalue weighted by atomic mass is 10.0. The molecule has 3 heteroatoms. The van der Waals surface area contributed by atoms with Crippen molar-refractivity contribution in [3.63, 3.8) is 0 Å². The molecule has 0 saturated carbocycles. The van der Waals surface area contributed by atoms with Gasteiger partial charge in [0.2, 0.25) is 5.78 Å². The van der Waals surface area contributed by atoms with Crippen LogP contribution in [-0.2, 0) is 6.42 Å². The Balaban J connectivity index is 2.47. The molecule has 1 aromatic carbocycles. The molecule has 0 amide bonds. The molecular formula is C14H13BrOS. The van der Waals surface area contributed by atoms with Gasteiger partial charge < -0.3 is 0 Å². The largest absolute Gasteiger partial charge is 0.288 e. The van der Waals surface area contributed by atoms with Crippen LogP contribution in [0.1, 0.15) is 32.6 Å². The summed E-state index contributed by atoms with van der Waals surface area (Å²) in [5, 5.41) is 0. The predicted octanol–water partition coefficient (Wildman–Crippen LogP) is 4.61. The minimum absolute atomic E-state index is 0.118. The van der Waals surface area contributed by atoms with Crippen LogP contribution in [0.4, 0.5) is 0 Å². The molecule has 0 aliphatic rings. The highest BCUT2D eigenvalue weighted by Crippen LogP contribution is 2.29. The molecule has 2 aromatic rings. The van der Waals surface area contributed by atoms with Crippen molar-refractivity contribution in [3.05, 3.63) is 55.7 Å². The van der Waals surface area contributed by atoms with E-state index in [-0.39, 0.29) is 5.78 Å². The zero-order valence-electron chi connectivity index (χ0n) is 9.79. The van der Waals surface area contributed by atoms with E-state index in [1.165, 1.54) is 0 Å². The molecular weight excluding hydrogens is 296 g/mol. The number of carbonyl (C=O) groups excluding carboxylic acids is 1. The molecule has 0 aliphatic carbocycles. The molecule has 0 unspecified atom stereocenters. The zero-order valence-corrected chi connectivity index (χ0v) is 12.2. The highest BCUT2D eigenvalue weighted by Gasteiger charge is 2.17. The molecule has 0 radical (unpaired) electrons. The topological polar surface area (TPSA) is 17.1 Å². The van der Waals surface area contributed by atoms with Crippen molar-refractivity contribution in [2.75, 3.05) is 0 Å². The van der Waals surface area contributed by atoms with Gasteiger partial charge in [0, 0.05) is 14.9 Å². The maximum absolute atomic E-state index is 12.4. The van der Waals surface area contributed by atoms with Gasteiger partial charge in [0.05, 0.1) is 4.88 Å². The maximum Gasteiger partial charge on any atom is 0.204 e. The molecule has 0 fully saturated rings. The Hall–Kier alpha value is -0.930. The Kier molecular flexibility index (Phi) is 3.79. The Morgan fingerprint density at radius 3 is 2.65 bits per heavy atom. The normalized spacial score (nSPS) is 10.5. The molecule has 17 heavy (non-hydrogen) atoms. The van der Waals surface area contributed by atoms with Gasteiger partial charge in [0.15, 0.2) is 0 Å². The van der Waals surface area contributed by atoms with Crippen molar-refractivity contribution >= 4 is 33.0 Å². The molecule has 1 aromatic heterocycles. The lowest BCUT2D eigenvalue weighted by Crippen LogP contribution is -2.03. The second-order valence-electron chi connectivity index (χ2n) is 3.87. The third-order valence-corrected chi connectivity index (χ3v) is 4.60. The summed E-state index contributed by atoms with van der Waals surface area (Å²) in [4.78, 5) is 14.4. The first-order chi connectivity index (χ1) is 8.13. The number of ketones is 1. The number of rotatable bonds is 3. The van der Waals surface area contributed by atoms with E-state index in [1.807, 2.05) is 37.3 Å². The summed E-state index contributed by atoms with van der Waals surface area (Å²) in [6.07, 6.45) is 0.879. The fourth-order valence-corrected chi connectivity index (χ4v) is 3.59. The fraction of sp³-hybridized carbons (Fsp3) is 0.214. The van der Waals surface area contributed by atoms with Gasteiger partial charge in [-0.3, -0.25) is 4.79 Å². The van der Waals surface area contributed by atoms with Crippen molar-refractivity contribution in [2.24, 2.45) is 0 Å². The van der Waals surface area contributed by atoms with Crippen LogP contribution in [-0.4, -0.2) is 5.78 Å². The van der Waals surface area contributed by atoms with E-state index in [2.05, 4.69) is 22.9 Å². The first-order valence-electron chi connectivity index (χ1n) is 5.52. The van der Waals surface area contributed by atoms with Gasteiger partial charge in [-0.15, -0.1) is 11.3 Å². The van der Waals surface area contributed by atoms with E-state index in [1.54, 1.807) is 11.3 Å². The van der Waals surface area contributed by atoms with Crippen LogP contribution in [0.3, 0.4) is 0 Å². The smallest absolute Gasteiger partial charge is 0.204 e. The molecule has 2 rings (SSSR count). The number of halogens is 1. The van der Waals surface area contributed by atoms with E-state index in [0.29, 0.717) is 0 Å². The monoisotopic (exact) mass is 308 g/mol. The van der Waals surface area contributed by atoms with Crippen molar-refractivity contribution in [3.8, 4) is 0 Å². The van der Waals surface area contributed by atoms with Gasteiger partial charge in [-0.1, -0.05) is 31.2 Å². The van der Waals surface area contributed by atoms with Gasteiger partial charge in [0.25, 0.3) is 0 Å². The van der Waals surface area contributed by atoms with E-state index in [9.17, 15) is 4.79 Å². The third kappa shape index (κ3) is 2.50. The van der Waals surface area contributed by atoms with Crippen LogP contribution >= 0.6 is 27.3 Å². The minimum atomic E-state index is 0.118. The molecule has 0 aliphatic heterocycles. The summed E-state index contributed by atoms with van der Waals surface area (Å²) in [5.74, 6) is 0.118. The van der Waals surface area contributed by atoms with Crippen molar-refractivity contribution in [2.45, 2.75) is 20.3 Å². The highest BCUT2D eigenvalue weighted by molar-refractivity contribution is 9.10. The van der Waals surface area contributed by atoms with Gasteiger partial charge in [-0.05, 0) is 40.9 Å². The average molecular weight is 309 g/mol. The summed E-state index contributed by atoms with van der Waals surface area (Å²) >= 11 is 4.99. The second kappa shape index (κ2) is 5.15. The van der Waals surface area contributed by atoms with Crippen LogP contribution in [0.5, 0.6) is 0 Å². The van der Waals surface area contributed by atoms with Gasteiger partial charge >= 0.3 is 0 Å². The van der Waals surface area contributed by atoms with Crippen LogP contribution < -0.4 is 0 Å². The molecule has 1 heterocycles. The zero-order chi connectivity index (χ0) is 12.4. The third-order valence-electron chi connectivity index (χ3n) is 2.66. The molecule has 0 spiro atoms. The standard InChI is InChI=1S/C14H13BrOS/c1-3-10-6-4-5-7-11(10)13(16)14-12(15)8-9(2)17-14/h4-8H,3H2,1-2H3. The minimum Gasteiger partial charge on any atom is -0.288 e. The molecule has 0 bridgehead atoms. The Morgan fingerprint density at radius 2 is 2.06 bits per heavy atom. The van der Waals surface area contributed by atoms with Crippen molar-refractivity contribution < 1.29 is 4.79 Å². The second-order valence-corrected chi connectivity index (χ2v) is 5.98. The summed E-state index contributed by atoms with van der Waals surface area (Å²) < 4.78 is 0.899. The van der Waals surface area contributed by atoms with Crippen LogP contribution in [0.2, 0.25) is 0 Å². The SMILES string of the molecule is CCc1ccccc1C(=O)c1sc(C)cc1Br. The number of hydrogen-bond donors (Lipinski definition) is 0. The number of benzene rings is 1. The first kappa shape index (κ1) is 12.5. The van der Waals surface area contributed by atoms with Gasteiger partial charge in [0.1, 0.15) is 0 Å². The lowest BCUT2D eigenvalue weighted by molar-refractivity contribution is 0.104. The van der Waals surface area contributed by atoms with E-state index < -0.39 is 0 Å². The van der Waals surface area contributed by atoms with Gasteiger partial charge in [-0.2, -0.15) is 0 Å². The maximum atomic E-state index is 12.4. The molecule has 88 valence electrons.